The van der Waals surface area contributed by atoms with Gasteiger partial charge in [0.15, 0.2) is 5.75 Å². The van der Waals surface area contributed by atoms with Crippen LogP contribution in [0.3, 0.4) is 0 Å². The molecule has 1 heterocycles. The van der Waals surface area contributed by atoms with Gasteiger partial charge in [-0.05, 0) is 24.8 Å². The largest absolute Gasteiger partial charge is 0.432 e. The van der Waals surface area contributed by atoms with Crippen LogP contribution < -0.4 is 10.5 Å². The van der Waals surface area contributed by atoms with E-state index in [1.54, 1.807) is 0 Å². The summed E-state index contributed by atoms with van der Waals surface area (Å²) in [5, 5.41) is 0. The van der Waals surface area contributed by atoms with Gasteiger partial charge >= 0.3 is 6.61 Å². The highest BCUT2D eigenvalue weighted by atomic mass is 19.3. The predicted molar refractivity (Wildman–Crippen MR) is 60.2 cm³/mol. The standard InChI is InChI=1S/C12H14F3NO2/c13-8-5-9(7-1-3-17-4-2-7)11(10(16)6-8)18-12(14)15/h5-7,12H,1-4,16H2. The Hall–Kier alpha value is -1.43. The minimum atomic E-state index is -2.98. The van der Waals surface area contributed by atoms with E-state index >= 15 is 0 Å². The van der Waals surface area contributed by atoms with Crippen molar-refractivity contribution in [2.45, 2.75) is 25.4 Å². The molecule has 2 rings (SSSR count). The van der Waals surface area contributed by atoms with Gasteiger partial charge in [0.2, 0.25) is 0 Å². The number of rotatable bonds is 3. The molecule has 18 heavy (non-hydrogen) atoms. The average Bonchev–Trinajstić information content (AvgIpc) is 2.33. The molecule has 6 heteroatoms. The third-order valence-corrected chi connectivity index (χ3v) is 2.98. The van der Waals surface area contributed by atoms with Crippen molar-refractivity contribution >= 4 is 5.69 Å². The van der Waals surface area contributed by atoms with Crippen LogP contribution >= 0.6 is 0 Å². The second-order valence-corrected chi connectivity index (χ2v) is 4.18. The molecule has 3 nitrogen and oxygen atoms in total. The summed E-state index contributed by atoms with van der Waals surface area (Å²) in [7, 11) is 0. The summed E-state index contributed by atoms with van der Waals surface area (Å²) in [6.07, 6.45) is 1.28. The number of benzene rings is 1. The van der Waals surface area contributed by atoms with Crippen molar-refractivity contribution in [3.05, 3.63) is 23.5 Å². The summed E-state index contributed by atoms with van der Waals surface area (Å²) in [5.74, 6) is -0.723. The van der Waals surface area contributed by atoms with Gasteiger partial charge in [0.1, 0.15) is 5.82 Å². The van der Waals surface area contributed by atoms with Crippen LogP contribution in [0.5, 0.6) is 5.75 Å². The van der Waals surface area contributed by atoms with Crippen molar-refractivity contribution in [2.24, 2.45) is 0 Å². The minimum absolute atomic E-state index is 0.0644. The third-order valence-electron chi connectivity index (χ3n) is 2.98. The Labute approximate surface area is 103 Å². The van der Waals surface area contributed by atoms with Crippen LogP contribution in [-0.4, -0.2) is 19.8 Å². The smallest absolute Gasteiger partial charge is 0.387 e. The van der Waals surface area contributed by atoms with Crippen molar-refractivity contribution in [1.29, 1.82) is 0 Å². The lowest BCUT2D eigenvalue weighted by molar-refractivity contribution is -0.0504. The van der Waals surface area contributed by atoms with Crippen molar-refractivity contribution in [1.82, 2.24) is 0 Å². The molecule has 100 valence electrons. The maximum absolute atomic E-state index is 13.3. The number of alkyl halides is 2. The third kappa shape index (κ3) is 2.87. The molecule has 0 saturated carbocycles. The number of anilines is 1. The molecule has 0 bridgehead atoms. The normalized spacial score (nSPS) is 17.1. The van der Waals surface area contributed by atoms with Gasteiger partial charge in [-0.3, -0.25) is 0 Å². The Morgan fingerprint density at radius 2 is 1.94 bits per heavy atom. The fourth-order valence-electron chi connectivity index (χ4n) is 2.17. The molecule has 1 aliphatic heterocycles. The zero-order chi connectivity index (χ0) is 13.1. The van der Waals surface area contributed by atoms with E-state index in [9.17, 15) is 13.2 Å². The van der Waals surface area contributed by atoms with E-state index in [2.05, 4.69) is 4.74 Å². The molecule has 1 aliphatic rings. The quantitative estimate of drug-likeness (QED) is 0.851. The fourth-order valence-corrected chi connectivity index (χ4v) is 2.17. The molecular weight excluding hydrogens is 247 g/mol. The number of hydrogen-bond donors (Lipinski definition) is 1. The first kappa shape index (κ1) is 13.0. The molecule has 0 amide bonds. The summed E-state index contributed by atoms with van der Waals surface area (Å²) in [5.41, 5.74) is 5.85. The average molecular weight is 261 g/mol. The van der Waals surface area contributed by atoms with E-state index in [0.29, 0.717) is 31.6 Å². The van der Waals surface area contributed by atoms with Gasteiger partial charge in [0, 0.05) is 24.8 Å². The van der Waals surface area contributed by atoms with Crippen LogP contribution in [0.4, 0.5) is 18.9 Å². The van der Waals surface area contributed by atoms with Gasteiger partial charge in [-0.25, -0.2) is 4.39 Å². The highest BCUT2D eigenvalue weighted by molar-refractivity contribution is 5.58. The lowest BCUT2D eigenvalue weighted by Crippen LogP contribution is -2.17. The Kier molecular flexibility index (Phi) is 3.96. The first-order valence-electron chi connectivity index (χ1n) is 5.69. The van der Waals surface area contributed by atoms with E-state index in [1.165, 1.54) is 6.07 Å². The van der Waals surface area contributed by atoms with Crippen LogP contribution in [0.2, 0.25) is 0 Å². The van der Waals surface area contributed by atoms with Crippen molar-refractivity contribution in [2.75, 3.05) is 18.9 Å². The van der Waals surface area contributed by atoms with Gasteiger partial charge in [-0.2, -0.15) is 8.78 Å². The van der Waals surface area contributed by atoms with Crippen molar-refractivity contribution in [3.8, 4) is 5.75 Å². The molecule has 1 aromatic rings. The molecule has 0 unspecified atom stereocenters. The number of halogens is 3. The number of ether oxygens (including phenoxy) is 2. The molecule has 0 spiro atoms. The SMILES string of the molecule is Nc1cc(F)cc(C2CCOCC2)c1OC(F)F. The van der Waals surface area contributed by atoms with Crippen molar-refractivity contribution < 1.29 is 22.6 Å². The Bertz CT molecular complexity index is 420. The monoisotopic (exact) mass is 261 g/mol. The molecule has 0 aliphatic carbocycles. The maximum atomic E-state index is 13.3. The molecule has 1 saturated heterocycles. The Morgan fingerprint density at radius 3 is 2.56 bits per heavy atom. The predicted octanol–water partition coefficient (Wildman–Crippen LogP) is 2.90. The second-order valence-electron chi connectivity index (χ2n) is 4.18. The fraction of sp³-hybridized carbons (Fsp3) is 0.500. The van der Waals surface area contributed by atoms with Gasteiger partial charge in [-0.1, -0.05) is 0 Å². The van der Waals surface area contributed by atoms with E-state index < -0.39 is 12.4 Å². The lowest BCUT2D eigenvalue weighted by Gasteiger charge is -2.25. The van der Waals surface area contributed by atoms with Gasteiger partial charge in [0.25, 0.3) is 0 Å². The summed E-state index contributed by atoms with van der Waals surface area (Å²) in [6.45, 7) is -1.93. The summed E-state index contributed by atoms with van der Waals surface area (Å²) < 4.78 is 47.7. The van der Waals surface area contributed by atoms with E-state index in [4.69, 9.17) is 10.5 Å². The minimum Gasteiger partial charge on any atom is -0.432 e. The van der Waals surface area contributed by atoms with Crippen LogP contribution in [0.25, 0.3) is 0 Å². The number of nitrogen functional groups attached to an aromatic ring is 1. The van der Waals surface area contributed by atoms with Gasteiger partial charge in [0.05, 0.1) is 5.69 Å². The highest BCUT2D eigenvalue weighted by Crippen LogP contribution is 2.38. The topological polar surface area (TPSA) is 44.5 Å². The summed E-state index contributed by atoms with van der Waals surface area (Å²) in [6, 6.07) is 2.20. The molecule has 0 atom stereocenters. The van der Waals surface area contributed by atoms with Crippen LogP contribution in [0.1, 0.15) is 24.3 Å². The maximum Gasteiger partial charge on any atom is 0.387 e. The Balaban J connectivity index is 2.35. The van der Waals surface area contributed by atoms with Gasteiger partial charge < -0.3 is 15.2 Å². The number of hydrogen-bond acceptors (Lipinski definition) is 3. The molecule has 1 fully saturated rings. The molecular formula is C12H14F3NO2. The van der Waals surface area contributed by atoms with Crippen LogP contribution in [-0.2, 0) is 4.74 Å². The number of nitrogens with two attached hydrogens (primary N) is 1. The first-order chi connectivity index (χ1) is 8.58. The van der Waals surface area contributed by atoms with E-state index in [0.717, 1.165) is 6.07 Å². The zero-order valence-corrected chi connectivity index (χ0v) is 9.67. The van der Waals surface area contributed by atoms with E-state index in [-0.39, 0.29) is 17.4 Å². The summed E-state index contributed by atoms with van der Waals surface area (Å²) >= 11 is 0. The van der Waals surface area contributed by atoms with Crippen molar-refractivity contribution in [3.63, 3.8) is 0 Å². The first-order valence-corrected chi connectivity index (χ1v) is 5.69. The zero-order valence-electron chi connectivity index (χ0n) is 9.67. The highest BCUT2D eigenvalue weighted by Gasteiger charge is 2.23. The Morgan fingerprint density at radius 1 is 1.28 bits per heavy atom. The second kappa shape index (κ2) is 5.48. The summed E-state index contributed by atoms with van der Waals surface area (Å²) in [4.78, 5) is 0. The van der Waals surface area contributed by atoms with E-state index in [1.807, 2.05) is 0 Å². The van der Waals surface area contributed by atoms with Crippen LogP contribution in [0, 0.1) is 5.82 Å². The molecule has 0 aromatic heterocycles. The van der Waals surface area contributed by atoms with Crippen LogP contribution in [0.15, 0.2) is 12.1 Å². The molecule has 2 N–H and O–H groups in total. The van der Waals surface area contributed by atoms with Gasteiger partial charge in [-0.15, -0.1) is 0 Å². The molecule has 0 radical (unpaired) electrons. The lowest BCUT2D eigenvalue weighted by atomic mass is 9.90. The molecule has 1 aromatic carbocycles.